The van der Waals surface area contributed by atoms with Crippen LogP contribution in [0.25, 0.3) is 0 Å². The summed E-state index contributed by atoms with van der Waals surface area (Å²) in [6.45, 7) is 6.80. The summed E-state index contributed by atoms with van der Waals surface area (Å²) in [5.41, 5.74) is -0.751. The zero-order valence-corrected chi connectivity index (χ0v) is 13.0. The largest absolute Gasteiger partial charge is 0.467 e. The van der Waals surface area contributed by atoms with Crippen molar-refractivity contribution in [3.8, 4) is 0 Å². The van der Waals surface area contributed by atoms with Gasteiger partial charge in [-0.3, -0.25) is 9.59 Å². The fraction of sp³-hybridized carbons (Fsp3) is 0.571. The maximum atomic E-state index is 12.4. The molecule has 1 rings (SSSR count). The molecule has 7 nitrogen and oxygen atoms in total. The molecule has 1 unspecified atom stereocenters. The van der Waals surface area contributed by atoms with Crippen molar-refractivity contribution in [2.45, 2.75) is 46.1 Å². The smallest absolute Gasteiger partial charge is 0.331 e. The highest BCUT2D eigenvalue weighted by molar-refractivity contribution is 5.98. The standard InChI is InChI=1S/C14H21N3O4/c1-6-7-14(4,13(20)21-5)15-11(18)10-8(2)9(3)16-17-12(10)19/h6-7H2,1-5H3,(H,15,18)(H,17,19). The SMILES string of the molecule is CCCC(C)(NC(=O)c1c(C)c(C)n[nH]c1=O)C(=O)OC. The predicted molar refractivity (Wildman–Crippen MR) is 77.1 cm³/mol. The second kappa shape index (κ2) is 6.51. The summed E-state index contributed by atoms with van der Waals surface area (Å²) in [5, 5.41) is 8.67. The summed E-state index contributed by atoms with van der Waals surface area (Å²) >= 11 is 0. The highest BCUT2D eigenvalue weighted by Gasteiger charge is 2.36. The van der Waals surface area contributed by atoms with Crippen molar-refractivity contribution in [1.29, 1.82) is 0 Å². The van der Waals surface area contributed by atoms with Crippen LogP contribution in [-0.2, 0) is 9.53 Å². The van der Waals surface area contributed by atoms with Gasteiger partial charge in [0.15, 0.2) is 0 Å². The lowest BCUT2D eigenvalue weighted by Gasteiger charge is -2.27. The Morgan fingerprint density at radius 2 is 2.00 bits per heavy atom. The quantitative estimate of drug-likeness (QED) is 0.784. The van der Waals surface area contributed by atoms with E-state index < -0.39 is 23.0 Å². The van der Waals surface area contributed by atoms with Gasteiger partial charge in [-0.1, -0.05) is 13.3 Å². The number of aryl methyl sites for hydroxylation is 1. The summed E-state index contributed by atoms with van der Waals surface area (Å²) in [7, 11) is 1.26. The average Bonchev–Trinajstić information content (AvgIpc) is 2.42. The van der Waals surface area contributed by atoms with Crippen molar-refractivity contribution in [2.24, 2.45) is 0 Å². The Morgan fingerprint density at radius 1 is 1.38 bits per heavy atom. The number of aromatic nitrogens is 2. The molecule has 0 bridgehead atoms. The Labute approximate surface area is 123 Å². The van der Waals surface area contributed by atoms with Crippen LogP contribution in [-0.4, -0.2) is 34.7 Å². The van der Waals surface area contributed by atoms with E-state index in [2.05, 4.69) is 15.5 Å². The Hall–Kier alpha value is -2.18. The van der Waals surface area contributed by atoms with Crippen LogP contribution in [0, 0.1) is 13.8 Å². The molecule has 0 radical (unpaired) electrons. The van der Waals surface area contributed by atoms with Crippen molar-refractivity contribution in [3.63, 3.8) is 0 Å². The molecule has 1 heterocycles. The van der Waals surface area contributed by atoms with E-state index in [-0.39, 0.29) is 5.56 Å². The van der Waals surface area contributed by atoms with Crippen molar-refractivity contribution >= 4 is 11.9 Å². The van der Waals surface area contributed by atoms with Crippen LogP contribution >= 0.6 is 0 Å². The molecule has 0 fully saturated rings. The number of rotatable bonds is 5. The van der Waals surface area contributed by atoms with Crippen LogP contribution in [0.2, 0.25) is 0 Å². The van der Waals surface area contributed by atoms with Gasteiger partial charge in [-0.2, -0.15) is 5.10 Å². The van der Waals surface area contributed by atoms with E-state index in [1.807, 2.05) is 6.92 Å². The van der Waals surface area contributed by atoms with Crippen LogP contribution in [0.1, 0.15) is 48.3 Å². The molecule has 2 N–H and O–H groups in total. The molecule has 0 aliphatic rings. The Balaban J connectivity index is 3.18. The molecule has 7 heteroatoms. The van der Waals surface area contributed by atoms with Gasteiger partial charge >= 0.3 is 5.97 Å². The van der Waals surface area contributed by atoms with Crippen LogP contribution in [0.15, 0.2) is 4.79 Å². The van der Waals surface area contributed by atoms with Crippen LogP contribution in [0.4, 0.5) is 0 Å². The lowest BCUT2D eigenvalue weighted by atomic mass is 9.95. The minimum Gasteiger partial charge on any atom is -0.467 e. The third-order valence-electron chi connectivity index (χ3n) is 3.47. The molecule has 0 aliphatic carbocycles. The van der Waals surface area contributed by atoms with E-state index in [0.717, 1.165) is 0 Å². The first-order valence-corrected chi connectivity index (χ1v) is 6.73. The number of esters is 1. The summed E-state index contributed by atoms with van der Waals surface area (Å²) in [4.78, 5) is 36.1. The normalized spacial score (nSPS) is 13.4. The molecule has 0 spiro atoms. The Bertz CT molecular complexity index is 609. The topological polar surface area (TPSA) is 101 Å². The van der Waals surface area contributed by atoms with E-state index in [0.29, 0.717) is 24.1 Å². The Kier molecular flexibility index (Phi) is 5.23. The molecule has 0 aliphatic heterocycles. The lowest BCUT2D eigenvalue weighted by Crippen LogP contribution is -2.53. The summed E-state index contributed by atoms with van der Waals surface area (Å²) < 4.78 is 4.74. The van der Waals surface area contributed by atoms with Gasteiger partial charge in [0.1, 0.15) is 11.1 Å². The molecule has 116 valence electrons. The minimum absolute atomic E-state index is 0.0336. The zero-order valence-electron chi connectivity index (χ0n) is 13.0. The number of amides is 1. The third kappa shape index (κ3) is 3.48. The molecule has 0 saturated heterocycles. The van der Waals surface area contributed by atoms with Crippen molar-refractivity contribution in [2.75, 3.05) is 7.11 Å². The fourth-order valence-corrected chi connectivity index (χ4v) is 2.15. The van der Waals surface area contributed by atoms with Gasteiger partial charge in [-0.05, 0) is 32.8 Å². The Morgan fingerprint density at radius 3 is 2.52 bits per heavy atom. The van der Waals surface area contributed by atoms with E-state index in [1.165, 1.54) is 7.11 Å². The van der Waals surface area contributed by atoms with E-state index in [1.54, 1.807) is 20.8 Å². The predicted octanol–water partition coefficient (Wildman–Crippen LogP) is 0.848. The summed E-state index contributed by atoms with van der Waals surface area (Å²) in [6, 6.07) is 0. The molecule has 1 amide bonds. The van der Waals surface area contributed by atoms with Gasteiger partial charge in [0, 0.05) is 0 Å². The van der Waals surface area contributed by atoms with Gasteiger partial charge < -0.3 is 10.1 Å². The second-order valence-corrected chi connectivity index (χ2v) is 5.17. The maximum Gasteiger partial charge on any atom is 0.331 e. The number of aromatic amines is 1. The molecule has 21 heavy (non-hydrogen) atoms. The number of carbonyl (C=O) groups excluding carboxylic acids is 2. The molecule has 1 aromatic heterocycles. The number of methoxy groups -OCH3 is 1. The van der Waals surface area contributed by atoms with Crippen molar-refractivity contribution in [1.82, 2.24) is 15.5 Å². The van der Waals surface area contributed by atoms with Gasteiger partial charge in [0.2, 0.25) is 0 Å². The van der Waals surface area contributed by atoms with Crippen LogP contribution in [0.5, 0.6) is 0 Å². The fourth-order valence-electron chi connectivity index (χ4n) is 2.15. The molecule has 0 saturated carbocycles. The number of hydrogen-bond donors (Lipinski definition) is 2. The van der Waals surface area contributed by atoms with Gasteiger partial charge in [0.25, 0.3) is 11.5 Å². The first-order chi connectivity index (χ1) is 9.76. The minimum atomic E-state index is -1.17. The van der Waals surface area contributed by atoms with E-state index in [9.17, 15) is 14.4 Å². The highest BCUT2D eigenvalue weighted by atomic mass is 16.5. The number of H-pyrrole nitrogens is 1. The number of carbonyl (C=O) groups is 2. The molecular formula is C14H21N3O4. The van der Waals surface area contributed by atoms with Gasteiger partial charge in [-0.15, -0.1) is 0 Å². The zero-order chi connectivity index (χ0) is 16.2. The molecular weight excluding hydrogens is 274 g/mol. The van der Waals surface area contributed by atoms with Crippen molar-refractivity contribution < 1.29 is 14.3 Å². The van der Waals surface area contributed by atoms with Gasteiger partial charge in [-0.25, -0.2) is 9.89 Å². The number of ether oxygens (including phenoxy) is 1. The van der Waals surface area contributed by atoms with Gasteiger partial charge in [0.05, 0.1) is 12.8 Å². The van der Waals surface area contributed by atoms with Crippen LogP contribution in [0.3, 0.4) is 0 Å². The number of nitrogens with one attached hydrogen (secondary N) is 2. The molecule has 1 atom stereocenters. The second-order valence-electron chi connectivity index (χ2n) is 5.17. The first kappa shape index (κ1) is 16.9. The highest BCUT2D eigenvalue weighted by Crippen LogP contribution is 2.16. The molecule has 0 aromatic carbocycles. The maximum absolute atomic E-state index is 12.4. The average molecular weight is 295 g/mol. The lowest BCUT2D eigenvalue weighted by molar-refractivity contribution is -0.147. The van der Waals surface area contributed by atoms with E-state index >= 15 is 0 Å². The van der Waals surface area contributed by atoms with Crippen LogP contribution < -0.4 is 10.9 Å². The summed E-state index contributed by atoms with van der Waals surface area (Å²) in [5.74, 6) is -1.15. The van der Waals surface area contributed by atoms with E-state index in [4.69, 9.17) is 4.74 Å². The summed E-state index contributed by atoms with van der Waals surface area (Å²) in [6.07, 6.45) is 1.09. The monoisotopic (exact) mass is 295 g/mol. The number of nitrogens with zero attached hydrogens (tertiary/aromatic N) is 1. The first-order valence-electron chi connectivity index (χ1n) is 6.73. The van der Waals surface area contributed by atoms with Crippen molar-refractivity contribution in [3.05, 3.63) is 27.2 Å². The third-order valence-corrected chi connectivity index (χ3v) is 3.47. The number of hydrogen-bond acceptors (Lipinski definition) is 5. The molecule has 1 aromatic rings.